The van der Waals surface area contributed by atoms with Gasteiger partial charge in [-0.25, -0.2) is 19.2 Å². The Balaban J connectivity index is 2.55. The maximum atomic E-state index is 13.3. The molecule has 79 heavy (non-hydrogen) atoms. The van der Waals surface area contributed by atoms with Crippen LogP contribution >= 0.6 is 21.6 Å². The number of carboxylic acids is 6. The summed E-state index contributed by atoms with van der Waals surface area (Å²) in [6.45, 7) is 0. The number of hydrogen-bond acceptors (Lipinski definition) is 16. The van der Waals surface area contributed by atoms with Gasteiger partial charge in [0.1, 0.15) is 30.0 Å². The first-order valence-electron chi connectivity index (χ1n) is 26.8. The Morgan fingerprint density at radius 2 is 0.722 bits per heavy atom. The summed E-state index contributed by atoms with van der Waals surface area (Å²) in [6.07, 6.45) is 8.45. The highest BCUT2D eigenvalue weighted by Gasteiger charge is 2.33. The molecular weight excluding hydrogens is 1080 g/mol. The summed E-state index contributed by atoms with van der Waals surface area (Å²) >= 11 is 0. The lowest BCUT2D eigenvalue weighted by Crippen LogP contribution is -2.46. The van der Waals surface area contributed by atoms with Gasteiger partial charge in [-0.3, -0.25) is 47.9 Å². The molecule has 1 fully saturated rings. The van der Waals surface area contributed by atoms with Gasteiger partial charge in [0.15, 0.2) is 5.78 Å². The Morgan fingerprint density at radius 1 is 0.418 bits per heavy atom. The van der Waals surface area contributed by atoms with Crippen LogP contribution in [0.2, 0.25) is 0 Å². The quantitative estimate of drug-likeness (QED) is 0.0308. The molecule has 0 aliphatic carbocycles. The van der Waals surface area contributed by atoms with Crippen LogP contribution in [0, 0.1) is 11.8 Å². The van der Waals surface area contributed by atoms with E-state index in [1.165, 1.54) is 21.6 Å². The molecule has 1 aliphatic heterocycles. The predicted octanol–water partition coefficient (Wildman–Crippen LogP) is 3.09. The highest BCUT2D eigenvalue weighted by molar-refractivity contribution is 8.76. The average Bonchev–Trinajstić information content (AvgIpc) is 3.36. The molecule has 0 saturated carbocycles. The third kappa shape index (κ3) is 34.3. The summed E-state index contributed by atoms with van der Waals surface area (Å²) in [5.74, 6) is -15.7. The summed E-state index contributed by atoms with van der Waals surface area (Å²) in [5.41, 5.74) is 5.24. The van der Waals surface area contributed by atoms with Gasteiger partial charge in [0.05, 0.1) is 12.0 Å². The molecule has 6 amide bonds. The zero-order valence-corrected chi connectivity index (χ0v) is 46.2. The fraction of sp³-hybridized carbons (Fsp3) is 0.725. The second-order valence-corrected chi connectivity index (χ2v) is 22.2. The molecule has 446 valence electrons. The normalized spacial score (nSPS) is 16.2. The van der Waals surface area contributed by atoms with Gasteiger partial charge in [-0.2, -0.15) is 0 Å². The highest BCUT2D eigenvalue weighted by atomic mass is 33.1. The van der Waals surface area contributed by atoms with E-state index in [9.17, 15) is 92.7 Å². The lowest BCUT2D eigenvalue weighted by molar-refractivity contribution is -0.144. The molecular formula is C51H80N6O20S2. The van der Waals surface area contributed by atoms with Crippen LogP contribution in [0.15, 0.2) is 0 Å². The minimum absolute atomic E-state index is 0.0734. The maximum Gasteiger partial charge on any atom is 0.326 e. The molecule has 7 atom stereocenters. The first-order valence-corrected chi connectivity index (χ1v) is 29.3. The van der Waals surface area contributed by atoms with E-state index >= 15 is 0 Å². The Bertz CT molecular complexity index is 2080. The summed E-state index contributed by atoms with van der Waals surface area (Å²) in [7, 11) is 2.45. The number of unbranched alkanes of at least 4 members (excludes halogenated alkanes) is 13. The Hall–Kier alpha value is -6.32. The van der Waals surface area contributed by atoms with Gasteiger partial charge in [-0.1, -0.05) is 98.6 Å². The van der Waals surface area contributed by atoms with E-state index in [-0.39, 0.29) is 56.5 Å². The molecule has 0 aromatic rings. The molecule has 0 radical (unpaired) electrons. The van der Waals surface area contributed by atoms with Crippen molar-refractivity contribution >= 4 is 104 Å². The monoisotopic (exact) mass is 1160 g/mol. The van der Waals surface area contributed by atoms with Crippen molar-refractivity contribution in [3.8, 4) is 0 Å². The zero-order valence-electron chi connectivity index (χ0n) is 44.5. The van der Waals surface area contributed by atoms with Crippen LogP contribution in [0.5, 0.6) is 0 Å². The topological polar surface area (TPSA) is 447 Å². The van der Waals surface area contributed by atoms with Gasteiger partial charge in [-0.15, -0.1) is 0 Å². The average molecular weight is 1160 g/mol. The zero-order chi connectivity index (χ0) is 59.3. The minimum Gasteiger partial charge on any atom is -0.481 e. The molecule has 1 saturated heterocycles. The van der Waals surface area contributed by atoms with Gasteiger partial charge >= 0.3 is 35.8 Å². The Kier molecular flexibility index (Phi) is 36.5. The molecule has 0 spiro atoms. The molecule has 13 N–H and O–H groups in total. The summed E-state index contributed by atoms with van der Waals surface area (Å²) in [6, 6.07) is -7.87. The van der Waals surface area contributed by atoms with E-state index in [0.717, 1.165) is 83.5 Å². The number of carbonyl (C=O) groups is 14. The van der Waals surface area contributed by atoms with Crippen LogP contribution in [0.25, 0.3) is 0 Å². The van der Waals surface area contributed by atoms with Crippen molar-refractivity contribution in [1.29, 1.82) is 0 Å². The predicted molar refractivity (Wildman–Crippen MR) is 286 cm³/mol. The molecule has 1 heterocycles. The van der Waals surface area contributed by atoms with Crippen LogP contribution in [0.1, 0.15) is 180 Å². The fourth-order valence-corrected chi connectivity index (χ4v) is 10.9. The van der Waals surface area contributed by atoms with Crippen molar-refractivity contribution in [2.45, 2.75) is 210 Å². The van der Waals surface area contributed by atoms with Crippen LogP contribution in [-0.2, 0) is 67.1 Å². The van der Waals surface area contributed by atoms with Crippen molar-refractivity contribution in [1.82, 2.24) is 26.6 Å². The molecule has 26 nitrogen and oxygen atoms in total. The van der Waals surface area contributed by atoms with Gasteiger partial charge < -0.3 is 63.0 Å². The van der Waals surface area contributed by atoms with Crippen LogP contribution in [0.3, 0.4) is 0 Å². The first kappa shape index (κ1) is 70.7. The largest absolute Gasteiger partial charge is 0.481 e. The van der Waals surface area contributed by atoms with E-state index in [2.05, 4.69) is 26.6 Å². The van der Waals surface area contributed by atoms with E-state index < -0.39 is 170 Å². The number of ketones is 2. The van der Waals surface area contributed by atoms with Crippen molar-refractivity contribution in [2.24, 2.45) is 17.6 Å². The smallest absolute Gasteiger partial charge is 0.326 e. The number of nitrogens with one attached hydrogen (secondary N) is 5. The van der Waals surface area contributed by atoms with Crippen LogP contribution < -0.4 is 32.3 Å². The molecule has 0 bridgehead atoms. The van der Waals surface area contributed by atoms with Crippen molar-refractivity contribution < 1.29 is 97.8 Å². The van der Waals surface area contributed by atoms with Crippen molar-refractivity contribution in [2.75, 3.05) is 11.5 Å². The number of aliphatic carboxylic acids is 6. The minimum atomic E-state index is -1.73. The lowest BCUT2D eigenvalue weighted by Gasteiger charge is -2.23. The number of amides is 6. The van der Waals surface area contributed by atoms with E-state index in [0.29, 0.717) is 6.42 Å². The molecule has 0 aromatic carbocycles. The lowest BCUT2D eigenvalue weighted by atomic mass is 9.90. The SMILES string of the molecule is NC(=O)CC[C@H](NC(=O)CC[C@H](NC(=O)CC[C@@H](NC(=O)CC[C@H](NC(=O)CC[C@H](NC(=O)CCCCCCCCCCCCCCCCC(=O)O)C(=O)O)C(=O)O)C(=O)O)C(=O)O)C(=O)C[C@H]1CSSC[C@@H](C(=O)O)CC1=O. The summed E-state index contributed by atoms with van der Waals surface area (Å²) < 4.78 is 0. The second kappa shape index (κ2) is 40.8. The maximum absolute atomic E-state index is 13.3. The molecule has 1 aliphatic rings. The van der Waals surface area contributed by atoms with E-state index in [1.807, 2.05) is 0 Å². The van der Waals surface area contributed by atoms with Crippen molar-refractivity contribution in [3.05, 3.63) is 0 Å². The Labute approximate surface area is 466 Å². The van der Waals surface area contributed by atoms with Gasteiger partial charge in [0.2, 0.25) is 35.4 Å². The van der Waals surface area contributed by atoms with Crippen LogP contribution in [0.4, 0.5) is 0 Å². The fourth-order valence-electron chi connectivity index (χ4n) is 8.29. The number of rotatable bonds is 45. The summed E-state index contributed by atoms with van der Waals surface area (Å²) in [4.78, 5) is 171. The van der Waals surface area contributed by atoms with Gasteiger partial charge in [0, 0.05) is 75.2 Å². The third-order valence-electron chi connectivity index (χ3n) is 12.9. The Morgan fingerprint density at radius 3 is 1.05 bits per heavy atom. The van der Waals surface area contributed by atoms with Crippen molar-refractivity contribution in [3.63, 3.8) is 0 Å². The number of Topliss-reactive ketones (excluding diaryl/α,β-unsaturated/α-hetero) is 2. The van der Waals surface area contributed by atoms with E-state index in [1.54, 1.807) is 0 Å². The number of hydrogen-bond donors (Lipinski definition) is 12. The summed E-state index contributed by atoms with van der Waals surface area (Å²) in [5, 5.41) is 68.1. The molecule has 1 rings (SSSR count). The molecule has 0 unspecified atom stereocenters. The molecule has 0 aromatic heterocycles. The van der Waals surface area contributed by atoms with E-state index in [4.69, 9.17) is 10.8 Å². The third-order valence-corrected chi connectivity index (χ3v) is 15.5. The van der Waals surface area contributed by atoms with Gasteiger partial charge in [-0.05, 0) is 44.9 Å². The van der Waals surface area contributed by atoms with Gasteiger partial charge in [0.25, 0.3) is 0 Å². The second-order valence-electron chi connectivity index (χ2n) is 19.6. The number of carbonyl (C=O) groups excluding carboxylic acids is 8. The molecule has 28 heteroatoms. The number of nitrogens with two attached hydrogens (primary N) is 1. The number of carboxylic acid groups (broad SMARTS) is 6. The first-order chi connectivity index (χ1) is 37.4. The number of primary amides is 1. The van der Waals surface area contributed by atoms with Crippen LogP contribution in [-0.4, -0.2) is 155 Å². The standard InChI is InChI=1S/C51H80N6O20S2/c52-40(60)22-17-33(39(59)27-31-29-78-79-30-32(47(68)69)28-38(31)58)53-42(62)23-18-35(49(72)73)55-44(64)25-20-37(51(76)77)57-45(65)26-21-36(50(74)75)56-43(63)24-19-34(48(70)71)54-41(61)15-13-11-9-7-5-3-1-2-4-6-8-10-12-14-16-46(66)67/h31-37H,1-30H2,(H2,52,60)(H,53,62)(H,54,61)(H,55,64)(H,56,63)(H,57,65)(H,66,67)(H,68,69)(H,70,71)(H,72,73)(H,74,75)(H,76,77)/t31-,32-,33-,34-,35-,36-,37+/m0/s1. The highest BCUT2D eigenvalue weighted by Crippen LogP contribution is 2.33.